The first-order valence-corrected chi connectivity index (χ1v) is 12.6. The van der Waals surface area contributed by atoms with Crippen LogP contribution >= 0.6 is 0 Å². The van der Waals surface area contributed by atoms with Crippen molar-refractivity contribution in [3.05, 3.63) is 41.5 Å². The molecule has 31 heavy (non-hydrogen) atoms. The third-order valence-electron chi connectivity index (χ3n) is 4.78. The van der Waals surface area contributed by atoms with Gasteiger partial charge in [0.1, 0.15) is 0 Å². The molecule has 1 saturated heterocycles. The first-order valence-electron chi connectivity index (χ1n) is 11.1. The largest absolute Gasteiger partial charge is 0.376 e. The Labute approximate surface area is 187 Å². The number of nitrogens with one attached hydrogen (secondary N) is 3. The third kappa shape index (κ3) is 9.84. The molecule has 0 aromatic heterocycles. The minimum Gasteiger partial charge on any atom is -0.376 e. The molecule has 1 aromatic carbocycles. The third-order valence-corrected chi connectivity index (χ3v) is 6.44. The monoisotopic (exact) mass is 450 g/mol. The molecule has 1 atom stereocenters. The maximum Gasteiger partial charge on any atom is 0.240 e. The predicted molar refractivity (Wildman–Crippen MR) is 127 cm³/mol. The van der Waals surface area contributed by atoms with E-state index in [1.807, 2.05) is 6.07 Å². The van der Waals surface area contributed by atoms with Crippen LogP contribution in [0.25, 0.3) is 0 Å². The van der Waals surface area contributed by atoms with Crippen LogP contribution in [-0.2, 0) is 21.3 Å². The Hall–Kier alpha value is -1.90. The molecule has 1 aromatic rings. The van der Waals surface area contributed by atoms with Crippen LogP contribution in [0.2, 0.25) is 0 Å². The van der Waals surface area contributed by atoms with Crippen molar-refractivity contribution >= 4 is 16.0 Å². The normalized spacial score (nSPS) is 17.5. The van der Waals surface area contributed by atoms with Gasteiger partial charge in [0, 0.05) is 25.7 Å². The van der Waals surface area contributed by atoms with Gasteiger partial charge in [-0.3, -0.25) is 0 Å². The van der Waals surface area contributed by atoms with Crippen molar-refractivity contribution in [2.45, 2.75) is 77.0 Å². The second-order valence-corrected chi connectivity index (χ2v) is 10.2. The maximum atomic E-state index is 12.4. The van der Waals surface area contributed by atoms with Crippen molar-refractivity contribution in [2.24, 2.45) is 4.99 Å². The van der Waals surface area contributed by atoms with Crippen molar-refractivity contribution in [3.8, 4) is 0 Å². The summed E-state index contributed by atoms with van der Waals surface area (Å²) in [5.41, 5.74) is 2.13. The summed E-state index contributed by atoms with van der Waals surface area (Å²) in [6.07, 6.45) is 6.68. The Morgan fingerprint density at radius 2 is 2.06 bits per heavy atom. The summed E-state index contributed by atoms with van der Waals surface area (Å²) in [5, 5.41) is 6.75. The lowest BCUT2D eigenvalue weighted by Gasteiger charge is -2.23. The molecule has 1 aliphatic rings. The number of hydrogen-bond acceptors (Lipinski definition) is 4. The van der Waals surface area contributed by atoms with Crippen LogP contribution in [-0.4, -0.2) is 46.2 Å². The highest BCUT2D eigenvalue weighted by molar-refractivity contribution is 7.89. The SMILES string of the molecule is CC(C)=CCCNC(=NCc1cccc(S(=O)(=O)NC(C)C)c1)NCC1CCCCO1. The summed E-state index contributed by atoms with van der Waals surface area (Å²) in [6, 6.07) is 6.77. The van der Waals surface area contributed by atoms with E-state index in [2.05, 4.69) is 40.3 Å². The van der Waals surface area contributed by atoms with Gasteiger partial charge in [0.05, 0.1) is 17.5 Å². The highest BCUT2D eigenvalue weighted by atomic mass is 32.2. The van der Waals surface area contributed by atoms with Crippen molar-refractivity contribution in [2.75, 3.05) is 19.7 Å². The molecular weight excluding hydrogens is 412 g/mol. The zero-order chi connectivity index (χ0) is 22.7. The number of benzene rings is 1. The molecular formula is C23H38N4O3S. The van der Waals surface area contributed by atoms with Crippen molar-refractivity contribution < 1.29 is 13.2 Å². The van der Waals surface area contributed by atoms with Crippen LogP contribution in [0.3, 0.4) is 0 Å². The van der Waals surface area contributed by atoms with Crippen LogP contribution in [0.15, 0.2) is 45.8 Å². The molecule has 0 spiro atoms. The van der Waals surface area contributed by atoms with Crippen molar-refractivity contribution in [1.82, 2.24) is 15.4 Å². The zero-order valence-corrected chi connectivity index (χ0v) is 20.1. The minimum atomic E-state index is -3.52. The number of ether oxygens (including phenoxy) is 1. The number of allylic oxidation sites excluding steroid dienone is 1. The Balaban J connectivity index is 2.05. The molecule has 174 valence electrons. The molecule has 1 aliphatic heterocycles. The van der Waals surface area contributed by atoms with Gasteiger partial charge in [0.15, 0.2) is 5.96 Å². The van der Waals surface area contributed by atoms with Crippen molar-refractivity contribution in [1.29, 1.82) is 0 Å². The van der Waals surface area contributed by atoms with Gasteiger partial charge in [0.2, 0.25) is 10.0 Å². The average Bonchev–Trinajstić information content (AvgIpc) is 2.72. The van der Waals surface area contributed by atoms with E-state index in [0.29, 0.717) is 19.0 Å². The van der Waals surface area contributed by atoms with Crippen LogP contribution in [0.1, 0.15) is 58.9 Å². The number of sulfonamides is 1. The van der Waals surface area contributed by atoms with Crippen LogP contribution in [0.4, 0.5) is 0 Å². The van der Waals surface area contributed by atoms with E-state index in [1.54, 1.807) is 32.0 Å². The Kier molecular flexibility index (Phi) is 10.5. The maximum absolute atomic E-state index is 12.4. The predicted octanol–water partition coefficient (Wildman–Crippen LogP) is 3.33. The summed E-state index contributed by atoms with van der Waals surface area (Å²) in [4.78, 5) is 4.94. The fraction of sp³-hybridized carbons (Fsp3) is 0.609. The molecule has 1 heterocycles. The number of aliphatic imine (C=N–C) groups is 1. The second kappa shape index (κ2) is 12.8. The fourth-order valence-electron chi connectivity index (χ4n) is 3.26. The van der Waals surface area contributed by atoms with Crippen molar-refractivity contribution in [3.63, 3.8) is 0 Å². The van der Waals surface area contributed by atoms with E-state index in [4.69, 9.17) is 4.74 Å². The molecule has 1 unspecified atom stereocenters. The molecule has 1 fully saturated rings. The smallest absolute Gasteiger partial charge is 0.240 e. The molecule has 0 saturated carbocycles. The Morgan fingerprint density at radius 3 is 2.74 bits per heavy atom. The number of guanidine groups is 1. The topological polar surface area (TPSA) is 91.8 Å². The standard InChI is InChI=1S/C23H38N4O3S/c1-18(2)9-8-13-24-23(26-17-21-11-5-6-14-30-21)25-16-20-10-7-12-22(15-20)31(28,29)27-19(3)4/h7,9-10,12,15,19,21,27H,5-6,8,11,13-14,16-17H2,1-4H3,(H2,24,25,26). The van der Waals surface area contributed by atoms with E-state index in [-0.39, 0.29) is 17.0 Å². The van der Waals surface area contributed by atoms with E-state index in [1.165, 1.54) is 12.0 Å². The van der Waals surface area contributed by atoms with E-state index in [9.17, 15) is 8.42 Å². The molecule has 2 rings (SSSR count). The molecule has 3 N–H and O–H groups in total. The quantitative estimate of drug-likeness (QED) is 0.220. The van der Waals surface area contributed by atoms with Gasteiger partial charge >= 0.3 is 0 Å². The Morgan fingerprint density at radius 1 is 1.26 bits per heavy atom. The number of nitrogens with zero attached hydrogens (tertiary/aromatic N) is 1. The summed E-state index contributed by atoms with van der Waals surface area (Å²) >= 11 is 0. The Bertz CT molecular complexity index is 840. The molecule has 8 heteroatoms. The molecule has 7 nitrogen and oxygen atoms in total. The van der Waals surface area contributed by atoms with Crippen LogP contribution in [0, 0.1) is 0 Å². The molecule has 0 aliphatic carbocycles. The summed E-state index contributed by atoms with van der Waals surface area (Å²) in [5.74, 6) is 0.713. The van der Waals surface area contributed by atoms with Crippen LogP contribution < -0.4 is 15.4 Å². The van der Waals surface area contributed by atoms with Crippen LogP contribution in [0.5, 0.6) is 0 Å². The van der Waals surface area contributed by atoms with Gasteiger partial charge in [0.25, 0.3) is 0 Å². The summed E-state index contributed by atoms with van der Waals surface area (Å²) in [7, 11) is -3.52. The number of hydrogen-bond donors (Lipinski definition) is 3. The molecule has 0 amide bonds. The summed E-state index contributed by atoms with van der Waals surface area (Å²) < 4.78 is 33.3. The molecule has 0 radical (unpaired) electrons. The molecule has 0 bridgehead atoms. The van der Waals surface area contributed by atoms with Gasteiger partial charge < -0.3 is 15.4 Å². The second-order valence-electron chi connectivity index (χ2n) is 8.45. The van der Waals surface area contributed by atoms with Gasteiger partial charge in [-0.2, -0.15) is 0 Å². The highest BCUT2D eigenvalue weighted by Crippen LogP contribution is 2.13. The fourth-order valence-corrected chi connectivity index (χ4v) is 4.59. The lowest BCUT2D eigenvalue weighted by atomic mass is 10.1. The first kappa shape index (κ1) is 25.4. The van der Waals surface area contributed by atoms with Gasteiger partial charge in [-0.15, -0.1) is 0 Å². The van der Waals surface area contributed by atoms with Gasteiger partial charge in [-0.25, -0.2) is 18.1 Å². The highest BCUT2D eigenvalue weighted by Gasteiger charge is 2.16. The van der Waals surface area contributed by atoms with E-state index in [0.717, 1.165) is 38.0 Å². The first-order chi connectivity index (χ1) is 14.8. The lowest BCUT2D eigenvalue weighted by molar-refractivity contribution is 0.0194. The van der Waals surface area contributed by atoms with E-state index < -0.39 is 10.0 Å². The minimum absolute atomic E-state index is 0.158. The van der Waals surface area contributed by atoms with E-state index >= 15 is 0 Å². The number of rotatable bonds is 10. The van der Waals surface area contributed by atoms with Gasteiger partial charge in [-0.05, 0) is 71.1 Å². The summed E-state index contributed by atoms with van der Waals surface area (Å²) in [6.45, 7) is 10.5. The lowest BCUT2D eigenvalue weighted by Crippen LogP contribution is -2.42. The zero-order valence-electron chi connectivity index (χ0n) is 19.3. The average molecular weight is 451 g/mol. The van der Waals surface area contributed by atoms with Gasteiger partial charge in [-0.1, -0.05) is 23.8 Å².